The van der Waals surface area contributed by atoms with Gasteiger partial charge in [-0.15, -0.1) is 0 Å². The number of aliphatic hydroxyl groups excluding tert-OH is 2. The lowest BCUT2D eigenvalue weighted by molar-refractivity contribution is -0.346. The highest BCUT2D eigenvalue weighted by Gasteiger charge is 2.78. The molecule has 3 aliphatic carbocycles. The van der Waals surface area contributed by atoms with Crippen LogP contribution in [0.4, 0.5) is 0 Å². The van der Waals surface area contributed by atoms with Gasteiger partial charge >= 0.3 is 29.8 Å². The average Bonchev–Trinajstić information content (AvgIpc) is 3.41. The van der Waals surface area contributed by atoms with E-state index in [1.165, 1.54) is 26.0 Å². The summed E-state index contributed by atoms with van der Waals surface area (Å²) in [4.78, 5) is 97.8. The Bertz CT molecular complexity index is 2690. The number of ketones is 1. The summed E-state index contributed by atoms with van der Waals surface area (Å²) < 4.78 is 30.3. The maximum Gasteiger partial charge on any atom is 0.338 e. The third-order valence-electron chi connectivity index (χ3n) is 15.0. The van der Waals surface area contributed by atoms with E-state index in [1.807, 2.05) is 0 Å². The van der Waals surface area contributed by atoms with Gasteiger partial charge in [0.2, 0.25) is 0 Å². The third kappa shape index (κ3) is 12.0. The Morgan fingerprint density at radius 1 is 0.868 bits per heavy atom. The fourth-order valence-corrected chi connectivity index (χ4v) is 11.8. The Kier molecular flexibility index (Phi) is 18.7. The molecule has 0 aromatic heterocycles. The number of nitrogens with one attached hydrogen (secondary N) is 1. The number of aliphatic hydroxyl groups is 3. The number of aliphatic carboxylic acids is 1. The molecular weight excluding hydrogens is 1000 g/mol. The molecule has 3 aromatic carbocycles. The maximum absolute atomic E-state index is 15.5. The minimum Gasteiger partial charge on any atom is -0.480 e. The summed E-state index contributed by atoms with van der Waals surface area (Å²) in [5.74, 6) is -5.62. The fraction of sp³-hybridized carbons (Fsp3) is 0.491. The van der Waals surface area contributed by atoms with Crippen molar-refractivity contribution in [1.82, 2.24) is 5.32 Å². The third-order valence-corrected chi connectivity index (χ3v) is 16.0. The van der Waals surface area contributed by atoms with Crippen molar-refractivity contribution in [3.8, 4) is 0 Å². The van der Waals surface area contributed by atoms with Crippen molar-refractivity contribution in [2.75, 3.05) is 24.7 Å². The van der Waals surface area contributed by atoms with E-state index in [1.54, 1.807) is 111 Å². The number of benzene rings is 3. The molecule has 9 N–H and O–H groups in total. The molecular formula is C55H68N4O16S. The number of carboxylic acids is 1. The lowest BCUT2D eigenvalue weighted by Crippen LogP contribution is -2.82. The van der Waals surface area contributed by atoms with Crippen LogP contribution in [0.3, 0.4) is 0 Å². The highest BCUT2D eigenvalue weighted by molar-refractivity contribution is 7.99. The summed E-state index contributed by atoms with van der Waals surface area (Å²) in [7, 11) is 0. The van der Waals surface area contributed by atoms with Crippen molar-refractivity contribution in [3.63, 3.8) is 0 Å². The van der Waals surface area contributed by atoms with Crippen molar-refractivity contribution < 1.29 is 77.7 Å². The number of rotatable bonds is 17. The van der Waals surface area contributed by atoms with E-state index in [-0.39, 0.29) is 35.3 Å². The molecule has 76 heavy (non-hydrogen) atoms. The SMILES string of the molecule is CC(=O)O[C@H]1C(=O)[C@@]2(C)[C@H]([C@H](OC(=O)c3ccccc3)[C@]3(O)C[C@H](OC(=O)[C@H](O)[C@@H](NC(=O)c4ccccc4)c4ccccc4)C(C)=C1C3(C)C)[C@]1(OC(C)=O)CO[C@@H]1C[C@@H]2O.CC(N)=NCCSCC[C@H](N)C(=O)O. The van der Waals surface area contributed by atoms with Gasteiger partial charge < -0.3 is 60.9 Å². The van der Waals surface area contributed by atoms with E-state index in [0.29, 0.717) is 24.4 Å². The van der Waals surface area contributed by atoms with Crippen LogP contribution in [0.15, 0.2) is 107 Å². The minimum atomic E-state index is -2.39. The summed E-state index contributed by atoms with van der Waals surface area (Å²) in [6.45, 7) is 10.4. The molecule has 20 nitrogen and oxygen atoms in total. The van der Waals surface area contributed by atoms with E-state index in [0.717, 1.165) is 25.4 Å². The van der Waals surface area contributed by atoms with Crippen LogP contribution in [0.25, 0.3) is 0 Å². The van der Waals surface area contributed by atoms with E-state index >= 15 is 4.79 Å². The highest BCUT2D eigenvalue weighted by Crippen LogP contribution is 2.64. The summed E-state index contributed by atoms with van der Waals surface area (Å²) in [6.07, 6.45) is -10.0. The Balaban J connectivity index is 0.000000586. The maximum atomic E-state index is 15.5. The fourth-order valence-electron chi connectivity index (χ4n) is 10.9. The van der Waals surface area contributed by atoms with Crippen LogP contribution < -0.4 is 16.8 Å². The molecule has 12 atom stereocenters. The zero-order chi connectivity index (χ0) is 55.9. The second-order valence-electron chi connectivity index (χ2n) is 20.2. The molecule has 1 amide bonds. The van der Waals surface area contributed by atoms with E-state index in [2.05, 4.69) is 10.3 Å². The first-order valence-corrected chi connectivity index (χ1v) is 26.0. The predicted octanol–water partition coefficient (Wildman–Crippen LogP) is 3.63. The van der Waals surface area contributed by atoms with Crippen LogP contribution >= 0.6 is 11.8 Å². The number of Topliss-reactive ketones (excluding diaryl/α,β-unsaturated/α-hetero) is 1. The summed E-state index contributed by atoms with van der Waals surface area (Å²) in [5.41, 5.74) is 3.64. The zero-order valence-corrected chi connectivity index (χ0v) is 44.3. The van der Waals surface area contributed by atoms with E-state index in [9.17, 15) is 44.1 Å². The monoisotopic (exact) mass is 1070 g/mol. The molecule has 3 fully saturated rings. The largest absolute Gasteiger partial charge is 0.480 e. The Hall–Kier alpha value is -6.49. The van der Waals surface area contributed by atoms with Gasteiger partial charge in [0.1, 0.15) is 30.0 Å². The van der Waals surface area contributed by atoms with Gasteiger partial charge in [-0.25, -0.2) is 9.59 Å². The van der Waals surface area contributed by atoms with Crippen LogP contribution in [0.2, 0.25) is 0 Å². The number of amidine groups is 1. The van der Waals surface area contributed by atoms with Crippen molar-refractivity contribution >= 4 is 59.1 Å². The first kappa shape index (κ1) is 58.8. The Morgan fingerprint density at radius 3 is 2.00 bits per heavy atom. The Labute approximate surface area is 444 Å². The molecule has 1 heterocycles. The second-order valence-corrected chi connectivity index (χ2v) is 21.4. The van der Waals surface area contributed by atoms with Crippen LogP contribution in [-0.2, 0) is 47.7 Å². The van der Waals surface area contributed by atoms with Gasteiger partial charge in [0, 0.05) is 50.0 Å². The standard InChI is InChI=1S/C47H51NO14.C8H17N3O2S/c1-25-31(60-43(56)36(52)35(28-16-10-7-11-17-28)48-41(54)29-18-12-8-13-19-29)23-47(57)40(61-42(55)30-20-14-9-15-21-30)38-45(6,32(51)22-33-46(38,24-58-33)62-27(3)50)39(53)37(59-26(2)49)34(25)44(47,4)5;1-6(9)11-3-5-14-4-2-7(10)8(12)13/h7-21,31-33,35-38,40,51-52,57H,22-24H2,1-6H3,(H,48,54);7H,2-5,10H2,1H3,(H2,9,11)(H,12,13)/t31-,32-,33+,35-,36+,37+,38-,40-,45+,46-,47+;7-/m00/s1. The highest BCUT2D eigenvalue weighted by atomic mass is 32.2. The van der Waals surface area contributed by atoms with Crippen molar-refractivity contribution in [3.05, 3.63) is 119 Å². The van der Waals surface area contributed by atoms with Crippen LogP contribution in [0.5, 0.6) is 0 Å². The second kappa shape index (κ2) is 24.2. The smallest absolute Gasteiger partial charge is 0.338 e. The number of thioether (sulfide) groups is 1. The first-order chi connectivity index (χ1) is 35.8. The number of fused-ring (bicyclic) bond motifs is 5. The average molecular weight is 1070 g/mol. The van der Waals surface area contributed by atoms with Crippen molar-refractivity contribution in [2.45, 2.75) is 128 Å². The lowest BCUT2D eigenvalue weighted by Gasteiger charge is -2.67. The molecule has 2 bridgehead atoms. The van der Waals surface area contributed by atoms with Gasteiger partial charge in [-0.1, -0.05) is 80.6 Å². The van der Waals surface area contributed by atoms with Gasteiger partial charge in [0.25, 0.3) is 5.91 Å². The lowest BCUT2D eigenvalue weighted by atomic mass is 9.44. The molecule has 21 heteroatoms. The molecule has 1 aliphatic heterocycles. The number of hydrogen-bond acceptors (Lipinski definition) is 18. The van der Waals surface area contributed by atoms with Crippen molar-refractivity contribution in [2.24, 2.45) is 33.2 Å². The summed E-state index contributed by atoms with van der Waals surface area (Å²) in [6, 6.07) is 22.2. The quantitative estimate of drug-likeness (QED) is 0.0253. The topological polar surface area (TPSA) is 323 Å². The van der Waals surface area contributed by atoms with Gasteiger partial charge in [0.15, 0.2) is 23.6 Å². The number of esters is 4. The molecule has 0 radical (unpaired) electrons. The number of carbonyl (C=O) groups is 7. The summed E-state index contributed by atoms with van der Waals surface area (Å²) >= 11 is 1.63. The van der Waals surface area contributed by atoms with Gasteiger partial charge in [-0.3, -0.25) is 29.0 Å². The van der Waals surface area contributed by atoms with E-state index < -0.39 is 125 Å². The number of nitrogens with zero attached hydrogens (tertiary/aromatic N) is 1. The molecule has 0 unspecified atom stereocenters. The van der Waals surface area contributed by atoms with Gasteiger partial charge in [-0.2, -0.15) is 11.8 Å². The molecule has 3 aromatic rings. The molecule has 2 saturated carbocycles. The van der Waals surface area contributed by atoms with Crippen LogP contribution in [-0.4, -0.2) is 146 Å². The number of amides is 1. The zero-order valence-electron chi connectivity index (χ0n) is 43.5. The van der Waals surface area contributed by atoms with Crippen molar-refractivity contribution in [1.29, 1.82) is 0 Å². The molecule has 0 spiro atoms. The molecule has 4 aliphatic rings. The molecule has 1 saturated heterocycles. The van der Waals surface area contributed by atoms with Gasteiger partial charge in [-0.05, 0) is 73.9 Å². The number of carboxylic acid groups (broad SMARTS) is 1. The van der Waals surface area contributed by atoms with Gasteiger partial charge in [0.05, 0.1) is 41.5 Å². The molecule has 410 valence electrons. The summed E-state index contributed by atoms with van der Waals surface area (Å²) in [5, 5.41) is 48.7. The number of ether oxygens (including phenoxy) is 5. The van der Waals surface area contributed by atoms with E-state index in [4.69, 9.17) is 40.3 Å². The normalized spacial score (nSPS) is 28.6. The number of nitrogens with two attached hydrogens (primary N) is 2. The van der Waals surface area contributed by atoms with Crippen LogP contribution in [0.1, 0.15) is 100 Å². The predicted molar refractivity (Wildman–Crippen MR) is 277 cm³/mol. The number of carbonyl (C=O) groups excluding carboxylic acids is 6. The van der Waals surface area contributed by atoms with Crippen LogP contribution in [0, 0.1) is 16.7 Å². The Morgan fingerprint density at radius 2 is 1.46 bits per heavy atom. The first-order valence-electron chi connectivity index (χ1n) is 24.8. The number of aliphatic imine (C=N–C) groups is 1. The number of hydrogen-bond donors (Lipinski definition) is 7. The minimum absolute atomic E-state index is 0.00289. The molecule has 7 rings (SSSR count).